The van der Waals surface area contributed by atoms with Gasteiger partial charge in [0, 0.05) is 34.5 Å². The van der Waals surface area contributed by atoms with Crippen LogP contribution >= 0.6 is 11.3 Å². The van der Waals surface area contributed by atoms with Crippen molar-refractivity contribution in [2.75, 3.05) is 5.32 Å². The molecule has 0 spiro atoms. The summed E-state index contributed by atoms with van der Waals surface area (Å²) in [4.78, 5) is 29.7. The number of carbonyl (C=O) groups is 1. The van der Waals surface area contributed by atoms with Crippen LogP contribution in [0.4, 0.5) is 16.4 Å². The summed E-state index contributed by atoms with van der Waals surface area (Å²) in [5.74, 6) is 0.161. The minimum absolute atomic E-state index is 0.112. The molecule has 0 aliphatic heterocycles. The summed E-state index contributed by atoms with van der Waals surface area (Å²) in [7, 11) is 0. The van der Waals surface area contributed by atoms with E-state index in [1.54, 1.807) is 0 Å². The number of aliphatic imine (C=N–C) groups is 1. The number of thiophene rings is 1. The van der Waals surface area contributed by atoms with E-state index >= 15 is 0 Å². The molecule has 0 fully saturated rings. The van der Waals surface area contributed by atoms with Crippen molar-refractivity contribution in [3.63, 3.8) is 0 Å². The fraction of sp³-hybridized carbons (Fsp3) is 0.308. The van der Waals surface area contributed by atoms with Crippen molar-refractivity contribution < 1.29 is 14.8 Å². The molecule has 1 aromatic heterocycles. The molecule has 1 amide bonds. The molecule has 34 heavy (non-hydrogen) atoms. The van der Waals surface area contributed by atoms with Gasteiger partial charge in [-0.05, 0) is 54.4 Å². The number of aromatic hydroxyl groups is 1. The number of hydrogen-bond donors (Lipinski definition) is 2. The molecule has 0 unspecified atom stereocenters. The average molecular weight is 478 g/mol. The van der Waals surface area contributed by atoms with E-state index in [2.05, 4.69) is 31.1 Å². The molecule has 0 radical (unpaired) electrons. The second-order valence-electron chi connectivity index (χ2n) is 9.57. The molecule has 2 N–H and O–H groups in total. The molecule has 1 heterocycles. The minimum Gasteiger partial charge on any atom is -0.507 e. The monoisotopic (exact) mass is 477 g/mol. The highest BCUT2D eigenvalue weighted by Crippen LogP contribution is 2.45. The van der Waals surface area contributed by atoms with Gasteiger partial charge in [0.1, 0.15) is 10.8 Å². The van der Waals surface area contributed by atoms with E-state index in [1.807, 2.05) is 30.3 Å². The van der Waals surface area contributed by atoms with Crippen molar-refractivity contribution in [2.24, 2.45) is 16.3 Å². The van der Waals surface area contributed by atoms with Gasteiger partial charge in [-0.1, -0.05) is 39.0 Å². The first-order valence-electron chi connectivity index (χ1n) is 11.2. The molecule has 7 nitrogen and oxygen atoms in total. The first kappa shape index (κ1) is 23.6. The van der Waals surface area contributed by atoms with Crippen LogP contribution in [-0.4, -0.2) is 22.2 Å². The Balaban J connectivity index is 1.73. The molecule has 0 bridgehead atoms. The van der Waals surface area contributed by atoms with Crippen molar-refractivity contribution in [1.29, 1.82) is 0 Å². The van der Waals surface area contributed by atoms with Crippen LogP contribution in [0, 0.1) is 21.4 Å². The molecule has 3 aromatic rings. The van der Waals surface area contributed by atoms with Gasteiger partial charge in [0.15, 0.2) is 0 Å². The molecule has 8 heteroatoms. The van der Waals surface area contributed by atoms with Gasteiger partial charge in [-0.2, -0.15) is 0 Å². The summed E-state index contributed by atoms with van der Waals surface area (Å²) < 4.78 is 0. The maximum absolute atomic E-state index is 13.4. The Kier molecular flexibility index (Phi) is 6.52. The molecular weight excluding hydrogens is 450 g/mol. The number of nitro benzene ring substituents is 1. The number of benzene rings is 2. The fourth-order valence-electron chi connectivity index (χ4n) is 4.24. The molecule has 0 saturated carbocycles. The largest absolute Gasteiger partial charge is 0.507 e. The van der Waals surface area contributed by atoms with Gasteiger partial charge in [0.05, 0.1) is 10.5 Å². The van der Waals surface area contributed by atoms with Crippen molar-refractivity contribution in [2.45, 2.75) is 40.0 Å². The van der Waals surface area contributed by atoms with Crippen LogP contribution in [0.25, 0.3) is 0 Å². The lowest BCUT2D eigenvalue weighted by atomic mass is 9.72. The van der Waals surface area contributed by atoms with E-state index in [1.165, 1.54) is 35.8 Å². The number of para-hydroxylation sites is 1. The Morgan fingerprint density at radius 1 is 1.24 bits per heavy atom. The number of phenolic OH excluding ortho intramolecular Hbond substituents is 1. The maximum atomic E-state index is 13.4. The number of hydrogen-bond acceptors (Lipinski definition) is 6. The highest BCUT2D eigenvalue weighted by atomic mass is 32.1. The maximum Gasteiger partial charge on any atom is 0.270 e. The third-order valence-electron chi connectivity index (χ3n) is 6.27. The zero-order chi connectivity index (χ0) is 24.5. The standard InChI is InChI=1S/C26H27N3O4S/c1-26(2,3)17-9-11-20-22(14-17)34-25(23(20)24(31)28-18-7-5-4-6-8-18)27-15-16-13-19(29(32)33)10-12-21(16)30/h4-8,10,12-13,15,17,30H,9,11,14H2,1-3H3,(H,28,31)/t17-/m1/s1. The Labute approximate surface area is 202 Å². The second-order valence-corrected chi connectivity index (χ2v) is 10.7. The number of anilines is 1. The average Bonchev–Trinajstić information content (AvgIpc) is 3.16. The van der Waals surface area contributed by atoms with Crippen molar-refractivity contribution in [3.05, 3.63) is 80.2 Å². The van der Waals surface area contributed by atoms with Gasteiger partial charge in [-0.15, -0.1) is 11.3 Å². The van der Waals surface area contributed by atoms with Crippen LogP contribution in [0.1, 0.15) is 53.6 Å². The highest BCUT2D eigenvalue weighted by Gasteiger charge is 2.33. The molecule has 1 aliphatic rings. The predicted molar refractivity (Wildman–Crippen MR) is 136 cm³/mol. The Morgan fingerprint density at radius 2 is 1.97 bits per heavy atom. The van der Waals surface area contributed by atoms with E-state index in [9.17, 15) is 20.0 Å². The van der Waals surface area contributed by atoms with Gasteiger partial charge in [-0.25, -0.2) is 4.99 Å². The van der Waals surface area contributed by atoms with Crippen LogP contribution in [-0.2, 0) is 12.8 Å². The number of non-ortho nitro benzene ring substituents is 1. The summed E-state index contributed by atoms with van der Waals surface area (Å²) >= 11 is 1.48. The van der Waals surface area contributed by atoms with E-state index in [0.717, 1.165) is 29.7 Å². The molecule has 2 aromatic carbocycles. The van der Waals surface area contributed by atoms with Crippen LogP contribution in [0.2, 0.25) is 0 Å². The first-order chi connectivity index (χ1) is 16.1. The minimum atomic E-state index is -0.522. The number of nitrogens with zero attached hydrogens (tertiary/aromatic N) is 2. The Bertz CT molecular complexity index is 1260. The molecule has 176 valence electrons. The third kappa shape index (κ3) is 5.02. The first-order valence-corrected chi connectivity index (χ1v) is 12.0. The van der Waals surface area contributed by atoms with Crippen molar-refractivity contribution in [3.8, 4) is 5.75 Å². The number of phenols is 1. The summed E-state index contributed by atoms with van der Waals surface area (Å²) in [5.41, 5.74) is 2.50. The normalized spacial score (nSPS) is 15.8. The number of carbonyl (C=O) groups excluding carboxylic acids is 1. The zero-order valence-corrected chi connectivity index (χ0v) is 20.2. The molecule has 4 rings (SSSR count). The Hall–Kier alpha value is -3.52. The van der Waals surface area contributed by atoms with E-state index in [0.29, 0.717) is 22.2 Å². The second kappa shape index (κ2) is 9.38. The zero-order valence-electron chi connectivity index (χ0n) is 19.4. The van der Waals surface area contributed by atoms with Crippen LogP contribution in [0.5, 0.6) is 5.75 Å². The van der Waals surface area contributed by atoms with Crippen molar-refractivity contribution >= 4 is 39.8 Å². The lowest BCUT2D eigenvalue weighted by Crippen LogP contribution is -2.27. The number of fused-ring (bicyclic) bond motifs is 1. The van der Waals surface area contributed by atoms with Gasteiger partial charge >= 0.3 is 0 Å². The van der Waals surface area contributed by atoms with E-state index < -0.39 is 4.92 Å². The molecular formula is C26H27N3O4S. The number of nitro groups is 1. The lowest BCUT2D eigenvalue weighted by Gasteiger charge is -2.33. The fourth-order valence-corrected chi connectivity index (χ4v) is 5.51. The van der Waals surface area contributed by atoms with Gasteiger partial charge < -0.3 is 10.4 Å². The van der Waals surface area contributed by atoms with Crippen LogP contribution in [0.15, 0.2) is 53.5 Å². The predicted octanol–water partition coefficient (Wildman–Crippen LogP) is 6.52. The number of nitrogens with one attached hydrogen (secondary N) is 1. The Morgan fingerprint density at radius 3 is 2.65 bits per heavy atom. The SMILES string of the molecule is CC(C)(C)[C@@H]1CCc2c(sc(N=Cc3cc([N+](=O)[O-])ccc3O)c2C(=O)Nc2ccccc2)C1. The van der Waals surface area contributed by atoms with Gasteiger partial charge in [0.2, 0.25) is 0 Å². The third-order valence-corrected chi connectivity index (χ3v) is 7.44. The number of rotatable bonds is 5. The van der Waals surface area contributed by atoms with E-state index in [-0.39, 0.29) is 28.3 Å². The molecule has 0 saturated heterocycles. The summed E-state index contributed by atoms with van der Waals surface area (Å²) in [6.07, 6.45) is 4.06. The van der Waals surface area contributed by atoms with Gasteiger partial charge in [0.25, 0.3) is 11.6 Å². The summed E-state index contributed by atoms with van der Waals surface area (Å²) in [5, 5.41) is 24.8. The smallest absolute Gasteiger partial charge is 0.270 e. The summed E-state index contributed by atoms with van der Waals surface area (Å²) in [6.45, 7) is 6.72. The molecule has 1 atom stereocenters. The van der Waals surface area contributed by atoms with Crippen LogP contribution < -0.4 is 5.32 Å². The topological polar surface area (TPSA) is 105 Å². The highest BCUT2D eigenvalue weighted by molar-refractivity contribution is 7.16. The number of amides is 1. The summed E-state index contributed by atoms with van der Waals surface area (Å²) in [6, 6.07) is 13.0. The van der Waals surface area contributed by atoms with Crippen molar-refractivity contribution in [1.82, 2.24) is 0 Å². The lowest BCUT2D eigenvalue weighted by molar-refractivity contribution is -0.384. The van der Waals surface area contributed by atoms with Crippen LogP contribution in [0.3, 0.4) is 0 Å². The van der Waals surface area contributed by atoms with Gasteiger partial charge in [-0.3, -0.25) is 14.9 Å². The molecule has 1 aliphatic carbocycles. The van der Waals surface area contributed by atoms with E-state index in [4.69, 9.17) is 0 Å². The quantitative estimate of drug-likeness (QED) is 0.248.